The molecule has 0 radical (unpaired) electrons. The van der Waals surface area contributed by atoms with E-state index in [1.165, 1.54) is 0 Å². The lowest BCUT2D eigenvalue weighted by Crippen LogP contribution is -2.43. The lowest BCUT2D eigenvalue weighted by molar-refractivity contribution is -0.119. The number of rotatable bonds is 6. The van der Waals surface area contributed by atoms with Crippen molar-refractivity contribution in [2.24, 2.45) is 0 Å². The van der Waals surface area contributed by atoms with E-state index in [1.54, 1.807) is 0 Å². The molecular weight excluding hydrogens is 290 g/mol. The maximum Gasteiger partial charge on any atom is 0.321 e. The van der Waals surface area contributed by atoms with Crippen LogP contribution >= 0.6 is 0 Å². The molecule has 5 nitrogen and oxygen atoms in total. The number of urea groups is 1. The molecule has 0 aromatic heterocycles. The monoisotopic (exact) mass is 311 g/mol. The number of nitrogens with one attached hydrogen (secondary N) is 3. The zero-order chi connectivity index (χ0) is 16.5. The van der Waals surface area contributed by atoms with Crippen molar-refractivity contribution in [1.82, 2.24) is 16.0 Å². The maximum absolute atomic E-state index is 11.8. The lowest BCUT2D eigenvalue weighted by Gasteiger charge is -2.14. The number of amides is 3. The van der Waals surface area contributed by atoms with E-state index in [-0.39, 0.29) is 18.5 Å². The Bertz CT molecular complexity index is 629. The van der Waals surface area contributed by atoms with Crippen molar-refractivity contribution in [2.75, 3.05) is 6.54 Å². The van der Waals surface area contributed by atoms with Gasteiger partial charge in [-0.2, -0.15) is 0 Å². The second kappa shape index (κ2) is 8.70. The number of benzene rings is 2. The molecule has 2 aromatic rings. The highest BCUT2D eigenvalue weighted by atomic mass is 16.2. The molecule has 0 aliphatic rings. The molecule has 0 spiro atoms. The molecule has 0 fully saturated rings. The predicted molar refractivity (Wildman–Crippen MR) is 89.7 cm³/mol. The van der Waals surface area contributed by atoms with E-state index in [2.05, 4.69) is 16.0 Å². The molecule has 3 amide bonds. The van der Waals surface area contributed by atoms with Crippen molar-refractivity contribution < 1.29 is 9.59 Å². The number of hydrogen-bond donors (Lipinski definition) is 3. The summed E-state index contributed by atoms with van der Waals surface area (Å²) in [7, 11) is 0. The Morgan fingerprint density at radius 2 is 1.57 bits per heavy atom. The first-order valence-electron chi connectivity index (χ1n) is 7.55. The van der Waals surface area contributed by atoms with Crippen molar-refractivity contribution in [3.8, 4) is 0 Å². The third-order valence-electron chi connectivity index (χ3n) is 3.42. The summed E-state index contributed by atoms with van der Waals surface area (Å²) in [4.78, 5) is 23.4. The van der Waals surface area contributed by atoms with Crippen LogP contribution in [0.15, 0.2) is 60.7 Å². The van der Waals surface area contributed by atoms with Crippen LogP contribution in [0.5, 0.6) is 0 Å². The molecule has 0 saturated heterocycles. The Morgan fingerprint density at radius 1 is 0.957 bits per heavy atom. The van der Waals surface area contributed by atoms with Gasteiger partial charge in [0.1, 0.15) is 0 Å². The van der Waals surface area contributed by atoms with Crippen LogP contribution in [0, 0.1) is 0 Å². The van der Waals surface area contributed by atoms with E-state index < -0.39 is 6.03 Å². The minimum Gasteiger partial charge on any atom is -0.334 e. The molecule has 1 atom stereocenters. The molecular formula is C18H21N3O2. The third-order valence-corrected chi connectivity index (χ3v) is 3.42. The Labute approximate surface area is 136 Å². The summed E-state index contributed by atoms with van der Waals surface area (Å²) in [6, 6.07) is 18.9. The van der Waals surface area contributed by atoms with Gasteiger partial charge >= 0.3 is 6.03 Å². The van der Waals surface area contributed by atoms with Gasteiger partial charge in [-0.15, -0.1) is 0 Å². The SMILES string of the molecule is C[C@H](NCC(=O)NC(=O)NCc1ccccc1)c1ccccc1. The fourth-order valence-electron chi connectivity index (χ4n) is 2.10. The molecule has 0 aliphatic carbocycles. The molecule has 2 rings (SSSR count). The lowest BCUT2D eigenvalue weighted by atomic mass is 10.1. The van der Waals surface area contributed by atoms with Crippen LogP contribution in [0.2, 0.25) is 0 Å². The molecule has 120 valence electrons. The summed E-state index contributed by atoms with van der Waals surface area (Å²) >= 11 is 0. The predicted octanol–water partition coefficient (Wildman–Crippen LogP) is 2.36. The van der Waals surface area contributed by atoms with Crippen LogP contribution in [0.3, 0.4) is 0 Å². The minimum absolute atomic E-state index is 0.0364. The normalized spacial score (nSPS) is 11.5. The zero-order valence-corrected chi connectivity index (χ0v) is 13.1. The molecule has 23 heavy (non-hydrogen) atoms. The Balaban J connectivity index is 1.69. The quantitative estimate of drug-likeness (QED) is 0.767. The van der Waals surface area contributed by atoms with Crippen molar-refractivity contribution >= 4 is 11.9 Å². The topological polar surface area (TPSA) is 70.2 Å². The fraction of sp³-hybridized carbons (Fsp3) is 0.222. The molecule has 2 aromatic carbocycles. The van der Waals surface area contributed by atoms with Gasteiger partial charge < -0.3 is 10.6 Å². The average molecular weight is 311 g/mol. The first-order valence-corrected chi connectivity index (χ1v) is 7.55. The van der Waals surface area contributed by atoms with Gasteiger partial charge in [-0.25, -0.2) is 4.79 Å². The van der Waals surface area contributed by atoms with E-state index in [9.17, 15) is 9.59 Å². The van der Waals surface area contributed by atoms with Crippen LogP contribution in [-0.4, -0.2) is 18.5 Å². The first-order chi connectivity index (χ1) is 11.1. The molecule has 0 bridgehead atoms. The molecule has 0 unspecified atom stereocenters. The molecule has 0 heterocycles. The Morgan fingerprint density at radius 3 is 2.22 bits per heavy atom. The van der Waals surface area contributed by atoms with E-state index in [0.29, 0.717) is 6.54 Å². The molecule has 0 saturated carbocycles. The second-order valence-electron chi connectivity index (χ2n) is 5.23. The summed E-state index contributed by atoms with van der Waals surface area (Å²) in [5, 5.41) is 8.04. The summed E-state index contributed by atoms with van der Waals surface area (Å²) in [5.41, 5.74) is 2.07. The van der Waals surface area contributed by atoms with Gasteiger partial charge in [0, 0.05) is 12.6 Å². The van der Waals surface area contributed by atoms with Crippen molar-refractivity contribution in [3.63, 3.8) is 0 Å². The first kappa shape index (κ1) is 16.7. The van der Waals surface area contributed by atoms with Crippen LogP contribution in [0.4, 0.5) is 4.79 Å². The highest BCUT2D eigenvalue weighted by molar-refractivity contribution is 5.95. The van der Waals surface area contributed by atoms with Crippen LogP contribution in [-0.2, 0) is 11.3 Å². The third kappa shape index (κ3) is 5.92. The zero-order valence-electron chi connectivity index (χ0n) is 13.1. The van der Waals surface area contributed by atoms with E-state index in [4.69, 9.17) is 0 Å². The number of carbonyl (C=O) groups is 2. The molecule has 0 aliphatic heterocycles. The maximum atomic E-state index is 11.8. The van der Waals surface area contributed by atoms with E-state index in [1.807, 2.05) is 67.6 Å². The minimum atomic E-state index is -0.493. The average Bonchev–Trinajstić information content (AvgIpc) is 2.59. The number of imide groups is 1. The van der Waals surface area contributed by atoms with Gasteiger partial charge in [-0.1, -0.05) is 60.7 Å². The summed E-state index contributed by atoms with van der Waals surface area (Å²) < 4.78 is 0. The summed E-state index contributed by atoms with van der Waals surface area (Å²) in [5.74, 6) is -0.363. The number of hydrogen-bond acceptors (Lipinski definition) is 3. The van der Waals surface area contributed by atoms with Crippen molar-refractivity contribution in [2.45, 2.75) is 19.5 Å². The fourth-order valence-corrected chi connectivity index (χ4v) is 2.10. The smallest absolute Gasteiger partial charge is 0.321 e. The van der Waals surface area contributed by atoms with Crippen molar-refractivity contribution in [3.05, 3.63) is 71.8 Å². The highest BCUT2D eigenvalue weighted by Gasteiger charge is 2.10. The van der Waals surface area contributed by atoms with Gasteiger partial charge in [0.25, 0.3) is 0 Å². The summed E-state index contributed by atoms with van der Waals surface area (Å²) in [6.07, 6.45) is 0. The van der Waals surface area contributed by atoms with Crippen LogP contribution < -0.4 is 16.0 Å². The van der Waals surface area contributed by atoms with Gasteiger partial charge in [0.15, 0.2) is 0 Å². The van der Waals surface area contributed by atoms with Gasteiger partial charge in [-0.05, 0) is 18.1 Å². The van der Waals surface area contributed by atoms with Gasteiger partial charge in [0.05, 0.1) is 6.54 Å². The van der Waals surface area contributed by atoms with E-state index >= 15 is 0 Å². The highest BCUT2D eigenvalue weighted by Crippen LogP contribution is 2.10. The largest absolute Gasteiger partial charge is 0.334 e. The van der Waals surface area contributed by atoms with Crippen LogP contribution in [0.25, 0.3) is 0 Å². The van der Waals surface area contributed by atoms with Gasteiger partial charge in [0.2, 0.25) is 5.91 Å². The Hall–Kier alpha value is -2.66. The Kier molecular flexibility index (Phi) is 6.32. The summed E-state index contributed by atoms with van der Waals surface area (Å²) in [6.45, 7) is 2.43. The molecule has 5 heteroatoms. The molecule has 3 N–H and O–H groups in total. The standard InChI is InChI=1S/C18H21N3O2/c1-14(16-10-6-3-7-11-16)19-13-17(22)21-18(23)20-12-15-8-4-2-5-9-15/h2-11,14,19H,12-13H2,1H3,(H2,20,21,22,23)/t14-/m0/s1. The van der Waals surface area contributed by atoms with Crippen LogP contribution in [0.1, 0.15) is 24.1 Å². The van der Waals surface area contributed by atoms with Gasteiger partial charge in [-0.3, -0.25) is 10.1 Å². The number of carbonyl (C=O) groups excluding carboxylic acids is 2. The second-order valence-corrected chi connectivity index (χ2v) is 5.23. The van der Waals surface area contributed by atoms with E-state index in [0.717, 1.165) is 11.1 Å². The van der Waals surface area contributed by atoms with Crippen molar-refractivity contribution in [1.29, 1.82) is 0 Å².